The van der Waals surface area contributed by atoms with Gasteiger partial charge in [0.25, 0.3) is 5.91 Å². The Hall–Kier alpha value is -2.37. The number of para-hydroxylation sites is 1. The number of likely N-dealkylation sites (tertiary alicyclic amines) is 1. The van der Waals surface area contributed by atoms with E-state index < -0.39 is 0 Å². The highest BCUT2D eigenvalue weighted by atomic mass is 19.1. The highest BCUT2D eigenvalue weighted by molar-refractivity contribution is 5.92. The molecule has 2 aromatic rings. The van der Waals surface area contributed by atoms with E-state index in [0.29, 0.717) is 18.8 Å². The number of aryl methyl sites for hydroxylation is 2. The number of carbonyl (C=O) groups excluding carboxylic acids is 1. The van der Waals surface area contributed by atoms with Gasteiger partial charge in [-0.15, -0.1) is 0 Å². The molecule has 0 aliphatic carbocycles. The molecule has 0 bridgehead atoms. The summed E-state index contributed by atoms with van der Waals surface area (Å²) in [5, 5.41) is 4.42. The third-order valence-electron chi connectivity index (χ3n) is 4.77. The van der Waals surface area contributed by atoms with Crippen molar-refractivity contribution in [2.24, 2.45) is 13.0 Å². The number of aromatic nitrogens is 2. The van der Waals surface area contributed by atoms with Crippen LogP contribution in [0.15, 0.2) is 30.3 Å². The van der Waals surface area contributed by atoms with Gasteiger partial charge < -0.3 is 9.64 Å². The van der Waals surface area contributed by atoms with Crippen LogP contribution in [0.5, 0.6) is 5.75 Å². The second-order valence-corrected chi connectivity index (χ2v) is 6.90. The lowest BCUT2D eigenvalue weighted by Gasteiger charge is -2.32. The normalized spacial score (nSPS) is 17.3. The van der Waals surface area contributed by atoms with Crippen molar-refractivity contribution in [2.75, 3.05) is 19.7 Å². The van der Waals surface area contributed by atoms with E-state index in [0.717, 1.165) is 37.9 Å². The van der Waals surface area contributed by atoms with E-state index in [4.69, 9.17) is 4.74 Å². The van der Waals surface area contributed by atoms with Gasteiger partial charge in [0.15, 0.2) is 11.6 Å². The molecule has 1 atom stereocenters. The molecular formula is C20H26FN3O2. The summed E-state index contributed by atoms with van der Waals surface area (Å²) in [7, 11) is 1.81. The molecule has 26 heavy (non-hydrogen) atoms. The van der Waals surface area contributed by atoms with Gasteiger partial charge in [-0.25, -0.2) is 4.39 Å². The lowest BCUT2D eigenvalue weighted by Crippen LogP contribution is -2.42. The van der Waals surface area contributed by atoms with Crippen molar-refractivity contribution in [1.82, 2.24) is 14.7 Å². The van der Waals surface area contributed by atoms with Gasteiger partial charge in [0.2, 0.25) is 0 Å². The van der Waals surface area contributed by atoms with E-state index in [2.05, 4.69) is 12.0 Å². The van der Waals surface area contributed by atoms with Gasteiger partial charge in [-0.3, -0.25) is 9.48 Å². The van der Waals surface area contributed by atoms with E-state index in [1.54, 1.807) is 22.9 Å². The van der Waals surface area contributed by atoms with Crippen molar-refractivity contribution >= 4 is 5.91 Å². The van der Waals surface area contributed by atoms with Crippen LogP contribution < -0.4 is 4.74 Å². The predicted octanol–water partition coefficient (Wildman–Crippen LogP) is 3.44. The molecule has 0 saturated carbocycles. The van der Waals surface area contributed by atoms with E-state index >= 15 is 0 Å². The largest absolute Gasteiger partial charge is 0.490 e. The molecule has 1 saturated heterocycles. The third-order valence-corrected chi connectivity index (χ3v) is 4.77. The second-order valence-electron chi connectivity index (χ2n) is 6.90. The Balaban J connectivity index is 1.61. The van der Waals surface area contributed by atoms with Crippen molar-refractivity contribution in [2.45, 2.75) is 32.6 Å². The van der Waals surface area contributed by atoms with Crippen LogP contribution in [0.3, 0.4) is 0 Å². The van der Waals surface area contributed by atoms with Crippen LogP contribution >= 0.6 is 0 Å². The molecule has 0 radical (unpaired) electrons. The predicted molar refractivity (Wildman–Crippen MR) is 97.7 cm³/mol. The average Bonchev–Trinajstić information content (AvgIpc) is 3.01. The number of hydrogen-bond acceptors (Lipinski definition) is 3. The molecule has 3 rings (SSSR count). The maximum absolute atomic E-state index is 13.7. The summed E-state index contributed by atoms with van der Waals surface area (Å²) in [6.45, 7) is 3.88. The van der Waals surface area contributed by atoms with Crippen molar-refractivity contribution in [3.63, 3.8) is 0 Å². The molecule has 1 aliphatic rings. The molecule has 5 nitrogen and oxygen atoms in total. The molecule has 0 N–H and O–H groups in total. The zero-order valence-electron chi connectivity index (χ0n) is 15.4. The molecule has 1 amide bonds. The smallest absolute Gasteiger partial charge is 0.272 e. The fourth-order valence-electron chi connectivity index (χ4n) is 3.42. The molecule has 0 spiro atoms. The van der Waals surface area contributed by atoms with Crippen LogP contribution in [0.2, 0.25) is 0 Å². The quantitative estimate of drug-likeness (QED) is 0.794. The summed E-state index contributed by atoms with van der Waals surface area (Å²) >= 11 is 0. The van der Waals surface area contributed by atoms with Gasteiger partial charge in [-0.05, 0) is 37.5 Å². The summed E-state index contributed by atoms with van der Waals surface area (Å²) in [6.07, 6.45) is 3.78. The van der Waals surface area contributed by atoms with E-state index in [-0.39, 0.29) is 23.4 Å². The van der Waals surface area contributed by atoms with Crippen molar-refractivity contribution in [3.8, 4) is 5.75 Å². The van der Waals surface area contributed by atoms with E-state index in [1.807, 2.05) is 18.0 Å². The van der Waals surface area contributed by atoms with Gasteiger partial charge in [-0.1, -0.05) is 25.5 Å². The number of ether oxygens (including phenoxy) is 1. The first-order chi connectivity index (χ1) is 12.6. The molecule has 2 heterocycles. The van der Waals surface area contributed by atoms with Crippen molar-refractivity contribution < 1.29 is 13.9 Å². The minimum atomic E-state index is -0.352. The number of rotatable bonds is 6. The van der Waals surface area contributed by atoms with Crippen molar-refractivity contribution in [1.29, 1.82) is 0 Å². The fourth-order valence-corrected chi connectivity index (χ4v) is 3.42. The Morgan fingerprint density at radius 2 is 2.19 bits per heavy atom. The zero-order chi connectivity index (χ0) is 18.5. The number of nitrogens with zero attached hydrogens (tertiary/aromatic N) is 3. The number of benzene rings is 1. The minimum absolute atomic E-state index is 0.0120. The number of carbonyl (C=O) groups is 1. The first kappa shape index (κ1) is 18.4. The molecule has 1 fully saturated rings. The molecule has 1 aromatic heterocycles. The van der Waals surface area contributed by atoms with Crippen LogP contribution in [0.1, 0.15) is 42.4 Å². The van der Waals surface area contributed by atoms with Crippen LogP contribution in [-0.4, -0.2) is 40.3 Å². The van der Waals surface area contributed by atoms with Crippen LogP contribution in [0.25, 0.3) is 0 Å². The SMILES string of the molecule is CCCc1cc(C(=O)N2CCCC(COc3ccccc3F)C2)n(C)n1. The molecule has 1 unspecified atom stereocenters. The summed E-state index contributed by atoms with van der Waals surface area (Å²) in [4.78, 5) is 14.7. The molecule has 1 aromatic carbocycles. The van der Waals surface area contributed by atoms with Crippen LogP contribution in [0, 0.1) is 11.7 Å². The maximum atomic E-state index is 13.7. The summed E-state index contributed by atoms with van der Waals surface area (Å²) < 4.78 is 21.0. The number of piperidine rings is 1. The number of amides is 1. The lowest BCUT2D eigenvalue weighted by atomic mass is 9.98. The highest BCUT2D eigenvalue weighted by Gasteiger charge is 2.27. The average molecular weight is 359 g/mol. The first-order valence-electron chi connectivity index (χ1n) is 9.28. The number of hydrogen-bond donors (Lipinski definition) is 0. The summed E-state index contributed by atoms with van der Waals surface area (Å²) in [5.74, 6) is 0.134. The van der Waals surface area contributed by atoms with E-state index in [9.17, 15) is 9.18 Å². The lowest BCUT2D eigenvalue weighted by molar-refractivity contribution is 0.0620. The first-order valence-corrected chi connectivity index (χ1v) is 9.28. The Morgan fingerprint density at radius 3 is 2.96 bits per heavy atom. The van der Waals surface area contributed by atoms with Gasteiger partial charge in [-0.2, -0.15) is 5.10 Å². The minimum Gasteiger partial charge on any atom is -0.490 e. The van der Waals surface area contributed by atoms with Gasteiger partial charge >= 0.3 is 0 Å². The summed E-state index contributed by atoms with van der Waals surface area (Å²) in [5.41, 5.74) is 1.58. The molecule has 140 valence electrons. The zero-order valence-corrected chi connectivity index (χ0v) is 15.4. The fraction of sp³-hybridized carbons (Fsp3) is 0.500. The van der Waals surface area contributed by atoms with Gasteiger partial charge in [0.1, 0.15) is 5.69 Å². The molecular weight excluding hydrogens is 333 g/mol. The second kappa shape index (κ2) is 8.34. The van der Waals surface area contributed by atoms with Gasteiger partial charge in [0.05, 0.1) is 12.3 Å². The Kier molecular flexibility index (Phi) is 5.91. The Morgan fingerprint density at radius 1 is 1.38 bits per heavy atom. The molecule has 1 aliphatic heterocycles. The van der Waals surface area contributed by atoms with Crippen LogP contribution in [-0.2, 0) is 13.5 Å². The highest BCUT2D eigenvalue weighted by Crippen LogP contribution is 2.22. The third kappa shape index (κ3) is 4.23. The summed E-state index contributed by atoms with van der Waals surface area (Å²) in [6, 6.07) is 8.31. The molecule has 6 heteroatoms. The topological polar surface area (TPSA) is 47.4 Å². The Bertz CT molecular complexity index is 759. The van der Waals surface area contributed by atoms with Crippen LogP contribution in [0.4, 0.5) is 4.39 Å². The Labute approximate surface area is 153 Å². The monoisotopic (exact) mass is 359 g/mol. The number of halogens is 1. The maximum Gasteiger partial charge on any atom is 0.272 e. The van der Waals surface area contributed by atoms with Crippen molar-refractivity contribution in [3.05, 3.63) is 47.5 Å². The van der Waals surface area contributed by atoms with Gasteiger partial charge in [0, 0.05) is 26.1 Å². The standard InChI is InChI=1S/C20H26FN3O2/c1-3-7-16-12-18(23(2)22-16)20(25)24-11-6-8-15(13-24)14-26-19-10-5-4-9-17(19)21/h4-5,9-10,12,15H,3,6-8,11,13-14H2,1-2H3. The van der Waals surface area contributed by atoms with E-state index in [1.165, 1.54) is 6.07 Å².